The van der Waals surface area contributed by atoms with Gasteiger partial charge in [0.2, 0.25) is 0 Å². The van der Waals surface area contributed by atoms with Crippen LogP contribution in [0.3, 0.4) is 0 Å². The van der Waals surface area contributed by atoms with E-state index >= 15 is 0 Å². The maximum Gasteiger partial charge on any atom is 0.342 e. The van der Waals surface area contributed by atoms with E-state index < -0.39 is 54.4 Å². The Morgan fingerprint density at radius 3 is 2.07 bits per heavy atom. The summed E-state index contributed by atoms with van der Waals surface area (Å²) >= 11 is 0. The molecule has 340 valence electrons. The fraction of sp³-hybridized carbons (Fsp3) is 0.702. The Balaban J connectivity index is 1.92. The molecule has 2 aromatic carbocycles. The summed E-state index contributed by atoms with van der Waals surface area (Å²) in [5.74, 6) is -0.475. The first-order valence-corrected chi connectivity index (χ1v) is 32.4. The molecule has 0 radical (unpaired) electrons. The number of hydrogen-bond donors (Lipinski definition) is 0. The second-order valence-electron chi connectivity index (χ2n) is 21.1. The van der Waals surface area contributed by atoms with Gasteiger partial charge in [-0.25, -0.2) is 9.59 Å². The smallest absolute Gasteiger partial charge is 0.342 e. The first-order chi connectivity index (χ1) is 27.7. The van der Waals surface area contributed by atoms with Crippen LogP contribution < -0.4 is 9.47 Å². The molecule has 0 aromatic heterocycles. The van der Waals surface area contributed by atoms with Crippen molar-refractivity contribution in [3.63, 3.8) is 0 Å². The van der Waals surface area contributed by atoms with Crippen LogP contribution in [0.25, 0.3) is 0 Å². The molecule has 0 saturated carbocycles. The van der Waals surface area contributed by atoms with Crippen LogP contribution in [0.4, 0.5) is 0 Å². The van der Waals surface area contributed by atoms with Crippen LogP contribution >= 0.6 is 0 Å². The molecule has 3 unspecified atom stereocenters. The summed E-state index contributed by atoms with van der Waals surface area (Å²) in [7, 11) is -3.24. The third-order valence-electron chi connectivity index (χ3n) is 11.7. The largest absolute Gasteiger partial charge is 0.494 e. The van der Waals surface area contributed by atoms with Gasteiger partial charge >= 0.3 is 11.9 Å². The number of ether oxygens (including phenoxy) is 7. The lowest BCUT2D eigenvalue weighted by Gasteiger charge is -2.40. The number of carbonyl (C=O) groups is 2. The zero-order chi connectivity index (χ0) is 45.1. The maximum absolute atomic E-state index is 13.9. The van der Waals surface area contributed by atoms with Gasteiger partial charge in [0.1, 0.15) is 29.3 Å². The molecular weight excluding hydrogens is 809 g/mol. The van der Waals surface area contributed by atoms with Crippen molar-refractivity contribution >= 4 is 36.4 Å². The van der Waals surface area contributed by atoms with Gasteiger partial charge in [-0.2, -0.15) is 0 Å². The normalized spacial score (nSPS) is 18.7. The van der Waals surface area contributed by atoms with E-state index in [4.69, 9.17) is 37.6 Å². The Morgan fingerprint density at radius 2 is 1.47 bits per heavy atom. The molecule has 13 heteroatoms. The van der Waals surface area contributed by atoms with Crippen molar-refractivity contribution in [1.29, 1.82) is 0 Å². The summed E-state index contributed by atoms with van der Waals surface area (Å²) in [5, 5.41) is 0.0950. The van der Waals surface area contributed by atoms with E-state index in [9.17, 15) is 9.59 Å². The van der Waals surface area contributed by atoms with Crippen LogP contribution in [0.1, 0.15) is 100 Å². The molecule has 1 heterocycles. The third kappa shape index (κ3) is 17.0. The minimum Gasteiger partial charge on any atom is -0.494 e. The van der Waals surface area contributed by atoms with E-state index in [2.05, 4.69) is 87.0 Å². The molecule has 0 spiro atoms. The first kappa shape index (κ1) is 51.8. The number of methoxy groups -OCH3 is 1. The highest BCUT2D eigenvalue weighted by Crippen LogP contribution is 2.40. The molecule has 2 aromatic rings. The van der Waals surface area contributed by atoms with Crippen molar-refractivity contribution < 1.29 is 47.2 Å². The van der Waals surface area contributed by atoms with Crippen LogP contribution in [-0.4, -0.2) is 93.7 Å². The van der Waals surface area contributed by atoms with Gasteiger partial charge in [-0.1, -0.05) is 85.2 Å². The van der Waals surface area contributed by atoms with Crippen LogP contribution in [-0.2, 0) is 34.5 Å². The number of benzene rings is 2. The second-order valence-corrected chi connectivity index (χ2v) is 37.1. The lowest BCUT2D eigenvalue weighted by atomic mass is 9.92. The van der Waals surface area contributed by atoms with Gasteiger partial charge < -0.3 is 37.6 Å². The van der Waals surface area contributed by atoms with Crippen LogP contribution in [0.2, 0.25) is 69.5 Å². The highest BCUT2D eigenvalue weighted by Gasteiger charge is 2.47. The van der Waals surface area contributed by atoms with Gasteiger partial charge in [-0.05, 0) is 113 Å². The molecule has 0 N–H and O–H groups in total. The summed E-state index contributed by atoms with van der Waals surface area (Å²) < 4.78 is 49.9. The minimum absolute atomic E-state index is 0.0279. The quantitative estimate of drug-likeness (QED) is 0.0574. The zero-order valence-corrected chi connectivity index (χ0v) is 43.1. The number of esters is 2. The maximum atomic E-state index is 13.9. The molecule has 0 bridgehead atoms. The van der Waals surface area contributed by atoms with Crippen LogP contribution in [0, 0.1) is 5.92 Å². The average molecular weight is 889 g/mol. The highest BCUT2D eigenvalue weighted by molar-refractivity contribution is 6.76. The number of carbonyl (C=O) groups excluding carboxylic acids is 2. The number of hydrogen-bond acceptors (Lipinski definition) is 10. The fourth-order valence-electron chi connectivity index (χ4n) is 6.78. The SMILES string of the molecule is COCOc1cc(OCC[Si](C)(C)C)cc(CCC[C@H]2OC(C)(C)OC2C(CC[C@@H](C)C(C)O[Si](C)(C)C(C)(C)C)OC(=O)c2ccccc2)c1C(=O)OCC[Si](C)(C)C. The van der Waals surface area contributed by atoms with Crippen molar-refractivity contribution in [1.82, 2.24) is 0 Å². The summed E-state index contributed by atoms with van der Waals surface area (Å²) in [6, 6.07) is 14.7. The first-order valence-electron chi connectivity index (χ1n) is 22.1. The summed E-state index contributed by atoms with van der Waals surface area (Å²) in [6.45, 7) is 34.1. The Labute approximate surface area is 366 Å². The fourth-order valence-corrected chi connectivity index (χ4v) is 9.72. The van der Waals surface area contributed by atoms with Gasteiger partial charge in [0, 0.05) is 35.4 Å². The molecule has 1 fully saturated rings. The van der Waals surface area contributed by atoms with Gasteiger partial charge in [0.25, 0.3) is 0 Å². The van der Waals surface area contributed by atoms with E-state index in [0.29, 0.717) is 61.5 Å². The molecule has 10 nitrogen and oxygen atoms in total. The highest BCUT2D eigenvalue weighted by atomic mass is 28.4. The van der Waals surface area contributed by atoms with Crippen molar-refractivity contribution in [3.8, 4) is 11.5 Å². The van der Waals surface area contributed by atoms with E-state index in [1.807, 2.05) is 38.1 Å². The summed E-state index contributed by atoms with van der Waals surface area (Å²) in [4.78, 5) is 27.5. The Hall–Kier alpha value is -2.53. The van der Waals surface area contributed by atoms with E-state index in [-0.39, 0.29) is 30.0 Å². The molecule has 5 atom stereocenters. The molecule has 1 aliphatic heterocycles. The van der Waals surface area contributed by atoms with Crippen molar-refractivity contribution in [2.45, 2.75) is 180 Å². The van der Waals surface area contributed by atoms with Gasteiger partial charge in [-0.15, -0.1) is 0 Å². The van der Waals surface area contributed by atoms with Gasteiger partial charge in [-0.3, -0.25) is 0 Å². The van der Waals surface area contributed by atoms with Crippen molar-refractivity contribution in [3.05, 3.63) is 59.2 Å². The number of aryl methyl sites for hydroxylation is 1. The molecule has 1 saturated heterocycles. The van der Waals surface area contributed by atoms with E-state index in [1.165, 1.54) is 0 Å². The van der Waals surface area contributed by atoms with Crippen molar-refractivity contribution in [2.75, 3.05) is 27.1 Å². The number of rotatable bonds is 24. The van der Waals surface area contributed by atoms with E-state index in [0.717, 1.165) is 24.1 Å². The molecule has 1 aliphatic rings. The minimum atomic E-state index is -1.99. The lowest BCUT2D eigenvalue weighted by molar-refractivity contribution is -0.156. The predicted molar refractivity (Wildman–Crippen MR) is 250 cm³/mol. The van der Waals surface area contributed by atoms with E-state index in [1.54, 1.807) is 25.3 Å². The van der Waals surface area contributed by atoms with Crippen LogP contribution in [0.5, 0.6) is 11.5 Å². The van der Waals surface area contributed by atoms with Crippen LogP contribution in [0.15, 0.2) is 42.5 Å². The second kappa shape index (κ2) is 22.2. The Kier molecular flexibility index (Phi) is 19.2. The average Bonchev–Trinajstić information content (AvgIpc) is 3.44. The lowest BCUT2D eigenvalue weighted by Crippen LogP contribution is -2.45. The monoisotopic (exact) mass is 889 g/mol. The Bertz CT molecular complexity index is 1650. The molecule has 60 heavy (non-hydrogen) atoms. The zero-order valence-electron chi connectivity index (χ0n) is 40.1. The van der Waals surface area contributed by atoms with Gasteiger partial charge in [0.15, 0.2) is 20.9 Å². The molecule has 0 amide bonds. The third-order valence-corrected chi connectivity index (χ3v) is 19.7. The Morgan fingerprint density at radius 1 is 0.833 bits per heavy atom. The molecular formula is C47H80O10Si3. The standard InChI is InChI=1S/C47H80O10Si3/c1-34(35(2)57-60(15,16)46(3,4)5)25-26-39(54-44(48)36-21-18-17-19-22-36)43-40(55-47(6,7)56-43)24-20-23-37-31-38(51-27-29-58(9,10)11)32-41(53-33-50-8)42(37)45(49)52-28-30-59(12,13)14/h17-19,21-22,31-32,34-35,39-40,43H,20,23-30,33H2,1-16H3/t34-,35?,39?,40-,43?/m1/s1. The predicted octanol–water partition coefficient (Wildman–Crippen LogP) is 11.8. The summed E-state index contributed by atoms with van der Waals surface area (Å²) in [5.41, 5.74) is 1.65. The van der Waals surface area contributed by atoms with Gasteiger partial charge in [0.05, 0.1) is 24.9 Å². The summed E-state index contributed by atoms with van der Waals surface area (Å²) in [6.07, 6.45) is 1.68. The molecule has 3 rings (SSSR count). The molecule has 0 aliphatic carbocycles. The van der Waals surface area contributed by atoms with Crippen molar-refractivity contribution in [2.24, 2.45) is 5.92 Å². The topological polar surface area (TPSA) is 108 Å².